The van der Waals surface area contributed by atoms with Gasteiger partial charge < -0.3 is 19.5 Å². The molecule has 2 unspecified atom stereocenters. The summed E-state index contributed by atoms with van der Waals surface area (Å²) < 4.78 is 10.6. The van der Waals surface area contributed by atoms with Crippen molar-refractivity contribution in [1.29, 1.82) is 0 Å². The van der Waals surface area contributed by atoms with Crippen molar-refractivity contribution < 1.29 is 19.4 Å². The molecule has 2 rings (SSSR count). The van der Waals surface area contributed by atoms with E-state index in [4.69, 9.17) is 9.47 Å². The van der Waals surface area contributed by atoms with E-state index < -0.39 is 0 Å². The van der Waals surface area contributed by atoms with E-state index in [1.807, 2.05) is 0 Å². The van der Waals surface area contributed by atoms with Crippen molar-refractivity contribution in [2.24, 2.45) is 11.8 Å². The second-order valence-corrected chi connectivity index (χ2v) is 6.05. The summed E-state index contributed by atoms with van der Waals surface area (Å²) in [6, 6.07) is 7.26. The molecule has 5 heteroatoms. The van der Waals surface area contributed by atoms with Crippen LogP contribution in [0.25, 0.3) is 0 Å². The molecule has 22 heavy (non-hydrogen) atoms. The predicted octanol–water partition coefficient (Wildman–Crippen LogP) is 2.29. The molecule has 1 aliphatic heterocycles. The van der Waals surface area contributed by atoms with E-state index in [0.717, 1.165) is 19.5 Å². The van der Waals surface area contributed by atoms with Gasteiger partial charge in [-0.05, 0) is 44.9 Å². The first kappa shape index (κ1) is 16.6. The molecular weight excluding hydrogens is 282 g/mol. The molecule has 2 atom stereocenters. The number of esters is 1. The van der Waals surface area contributed by atoms with Gasteiger partial charge in [0.25, 0.3) is 0 Å². The van der Waals surface area contributed by atoms with Gasteiger partial charge in [-0.2, -0.15) is 0 Å². The van der Waals surface area contributed by atoms with Gasteiger partial charge >= 0.3 is 5.97 Å². The second kappa shape index (κ2) is 7.49. The number of aromatic hydroxyl groups is 1. The van der Waals surface area contributed by atoms with Gasteiger partial charge in [0.15, 0.2) is 11.5 Å². The van der Waals surface area contributed by atoms with Gasteiger partial charge in [0.1, 0.15) is 6.61 Å². The fourth-order valence-corrected chi connectivity index (χ4v) is 2.92. The van der Waals surface area contributed by atoms with Crippen molar-refractivity contribution in [3.8, 4) is 11.5 Å². The minimum Gasteiger partial charge on any atom is -0.504 e. The minimum atomic E-state index is -0.312. The third kappa shape index (κ3) is 3.91. The number of hydrogen-bond acceptors (Lipinski definition) is 5. The van der Waals surface area contributed by atoms with E-state index in [2.05, 4.69) is 18.7 Å². The molecule has 1 aliphatic rings. The second-order valence-electron chi connectivity index (χ2n) is 6.05. The summed E-state index contributed by atoms with van der Waals surface area (Å²) in [5.74, 6) is 0.150. The fourth-order valence-electron chi connectivity index (χ4n) is 2.92. The fraction of sp³-hybridized carbons (Fsp3) is 0.588. The lowest BCUT2D eigenvalue weighted by Crippen LogP contribution is -2.34. The first-order valence-corrected chi connectivity index (χ1v) is 7.75. The van der Waals surface area contributed by atoms with E-state index in [9.17, 15) is 9.90 Å². The third-order valence-electron chi connectivity index (χ3n) is 4.34. The van der Waals surface area contributed by atoms with E-state index in [1.165, 1.54) is 7.11 Å². The Bertz CT molecular complexity index is 503. The van der Waals surface area contributed by atoms with Crippen LogP contribution < -0.4 is 4.74 Å². The first-order valence-electron chi connectivity index (χ1n) is 7.75. The number of ether oxygens (including phenoxy) is 2. The lowest BCUT2D eigenvalue weighted by molar-refractivity contribution is -0.148. The molecule has 5 nitrogen and oxygen atoms in total. The van der Waals surface area contributed by atoms with Gasteiger partial charge in [-0.1, -0.05) is 12.1 Å². The molecule has 0 spiro atoms. The maximum atomic E-state index is 12.1. The number of nitrogens with zero attached hydrogens (tertiary/aromatic N) is 1. The van der Waals surface area contributed by atoms with Crippen molar-refractivity contribution in [1.82, 2.24) is 4.90 Å². The summed E-state index contributed by atoms with van der Waals surface area (Å²) in [5.41, 5.74) is 0. The van der Waals surface area contributed by atoms with Crippen molar-refractivity contribution in [2.45, 2.75) is 26.3 Å². The highest BCUT2D eigenvalue weighted by Crippen LogP contribution is 2.29. The molecule has 0 aliphatic carbocycles. The Labute approximate surface area is 131 Å². The average Bonchev–Trinajstić information content (AvgIpc) is 2.99. The van der Waals surface area contributed by atoms with Crippen LogP contribution in [0, 0.1) is 11.8 Å². The number of carbonyl (C=O) groups is 1. The Morgan fingerprint density at radius 2 is 2.14 bits per heavy atom. The van der Waals surface area contributed by atoms with Crippen LogP contribution in [0.15, 0.2) is 24.3 Å². The highest BCUT2D eigenvalue weighted by molar-refractivity contribution is 5.73. The molecule has 1 aromatic rings. The summed E-state index contributed by atoms with van der Waals surface area (Å²) in [6.07, 6.45) is 0.960. The van der Waals surface area contributed by atoms with Crippen molar-refractivity contribution in [2.75, 3.05) is 26.8 Å². The van der Waals surface area contributed by atoms with Gasteiger partial charge in [0.05, 0.1) is 13.0 Å². The number of benzene rings is 1. The molecule has 0 bridgehead atoms. The van der Waals surface area contributed by atoms with E-state index in [0.29, 0.717) is 11.8 Å². The zero-order valence-corrected chi connectivity index (χ0v) is 13.5. The van der Waals surface area contributed by atoms with E-state index in [-0.39, 0.29) is 30.2 Å². The zero-order chi connectivity index (χ0) is 16.1. The molecule has 1 fully saturated rings. The van der Waals surface area contributed by atoms with Crippen LogP contribution in [0.1, 0.15) is 20.3 Å². The number of phenolic OH excluding ortho intramolecular Hbond substituents is 1. The summed E-state index contributed by atoms with van der Waals surface area (Å²) >= 11 is 0. The SMILES string of the molecule is COC(=O)C(COc1ccccc1O)C1CCN(C(C)C)C1. The van der Waals surface area contributed by atoms with Gasteiger partial charge in [-0.3, -0.25) is 4.79 Å². The molecule has 122 valence electrons. The Balaban J connectivity index is 2.01. The van der Waals surface area contributed by atoms with Crippen molar-refractivity contribution in [3.63, 3.8) is 0 Å². The van der Waals surface area contributed by atoms with Gasteiger partial charge in [-0.25, -0.2) is 0 Å². The first-order chi connectivity index (χ1) is 10.5. The largest absolute Gasteiger partial charge is 0.504 e. The topological polar surface area (TPSA) is 59.0 Å². The Kier molecular flexibility index (Phi) is 5.66. The number of carbonyl (C=O) groups excluding carboxylic acids is 1. The Morgan fingerprint density at radius 1 is 1.41 bits per heavy atom. The van der Waals surface area contributed by atoms with E-state index >= 15 is 0 Å². The molecule has 0 amide bonds. The lowest BCUT2D eigenvalue weighted by Gasteiger charge is -2.24. The van der Waals surface area contributed by atoms with Crippen LogP contribution in [0.5, 0.6) is 11.5 Å². The summed E-state index contributed by atoms with van der Waals surface area (Å²) in [6.45, 7) is 6.41. The standard InChI is InChI=1S/C17H25NO4/c1-12(2)18-9-8-13(10-18)14(17(20)21-3)11-22-16-7-5-4-6-15(16)19/h4-7,12-14,19H,8-11H2,1-3H3. The highest BCUT2D eigenvalue weighted by Gasteiger charge is 2.36. The number of rotatable bonds is 6. The maximum Gasteiger partial charge on any atom is 0.312 e. The van der Waals surface area contributed by atoms with Crippen LogP contribution in [-0.4, -0.2) is 48.8 Å². The average molecular weight is 307 g/mol. The maximum absolute atomic E-state index is 12.1. The van der Waals surface area contributed by atoms with Gasteiger partial charge in [0, 0.05) is 12.6 Å². The molecular formula is C17H25NO4. The number of para-hydroxylation sites is 2. The van der Waals surface area contributed by atoms with Gasteiger partial charge in [0.2, 0.25) is 0 Å². The van der Waals surface area contributed by atoms with Crippen LogP contribution >= 0.6 is 0 Å². The minimum absolute atomic E-state index is 0.0846. The van der Waals surface area contributed by atoms with Crippen LogP contribution in [-0.2, 0) is 9.53 Å². The van der Waals surface area contributed by atoms with Crippen LogP contribution in [0.3, 0.4) is 0 Å². The quantitative estimate of drug-likeness (QED) is 0.817. The van der Waals surface area contributed by atoms with Gasteiger partial charge in [-0.15, -0.1) is 0 Å². The third-order valence-corrected chi connectivity index (χ3v) is 4.34. The lowest BCUT2D eigenvalue weighted by atomic mass is 9.92. The normalized spacial score (nSPS) is 20.1. The van der Waals surface area contributed by atoms with Crippen LogP contribution in [0.2, 0.25) is 0 Å². The Hall–Kier alpha value is -1.75. The Morgan fingerprint density at radius 3 is 2.73 bits per heavy atom. The number of likely N-dealkylation sites (tertiary alicyclic amines) is 1. The van der Waals surface area contributed by atoms with Crippen molar-refractivity contribution >= 4 is 5.97 Å². The molecule has 1 saturated heterocycles. The molecule has 0 radical (unpaired) electrons. The molecule has 0 aromatic heterocycles. The summed E-state index contributed by atoms with van der Waals surface area (Å²) in [5, 5.41) is 9.75. The van der Waals surface area contributed by atoms with E-state index in [1.54, 1.807) is 24.3 Å². The smallest absolute Gasteiger partial charge is 0.312 e. The molecule has 1 aromatic carbocycles. The zero-order valence-electron chi connectivity index (χ0n) is 13.5. The summed E-state index contributed by atoms with van der Waals surface area (Å²) in [4.78, 5) is 14.5. The number of methoxy groups -OCH3 is 1. The van der Waals surface area contributed by atoms with Crippen molar-refractivity contribution in [3.05, 3.63) is 24.3 Å². The molecule has 1 heterocycles. The number of hydrogen-bond donors (Lipinski definition) is 1. The highest BCUT2D eigenvalue weighted by atomic mass is 16.5. The number of phenols is 1. The molecule has 1 N–H and O–H groups in total. The summed E-state index contributed by atoms with van der Waals surface area (Å²) in [7, 11) is 1.41. The predicted molar refractivity (Wildman–Crippen MR) is 83.9 cm³/mol. The van der Waals surface area contributed by atoms with Crippen LogP contribution in [0.4, 0.5) is 0 Å². The molecule has 0 saturated carbocycles. The monoisotopic (exact) mass is 307 g/mol.